The van der Waals surface area contributed by atoms with Crippen molar-refractivity contribution in [3.63, 3.8) is 0 Å². The van der Waals surface area contributed by atoms with Crippen LogP contribution in [-0.2, 0) is 4.74 Å². The van der Waals surface area contributed by atoms with Crippen LogP contribution in [0.25, 0.3) is 0 Å². The molecule has 0 unspecified atom stereocenters. The van der Waals surface area contributed by atoms with Gasteiger partial charge in [0.1, 0.15) is 5.60 Å². The fourth-order valence-electron chi connectivity index (χ4n) is 2.44. The lowest BCUT2D eigenvalue weighted by Crippen LogP contribution is -2.45. The summed E-state index contributed by atoms with van der Waals surface area (Å²) in [5.74, 6) is 0. The number of fused-ring (bicyclic) bond motifs is 2. The molecule has 2 fully saturated rings. The number of hydrogen-bond donors (Lipinski definition) is 2. The summed E-state index contributed by atoms with van der Waals surface area (Å²) in [6.45, 7) is 5.64. The molecule has 86 valence electrons. The van der Waals surface area contributed by atoms with Crippen LogP contribution in [0.3, 0.4) is 0 Å². The van der Waals surface area contributed by atoms with Crippen LogP contribution in [0.5, 0.6) is 0 Å². The van der Waals surface area contributed by atoms with E-state index in [0.29, 0.717) is 12.1 Å². The van der Waals surface area contributed by atoms with E-state index in [-0.39, 0.29) is 12.1 Å². The third-order valence-corrected chi connectivity index (χ3v) is 3.00. The average Bonchev–Trinajstić information content (AvgIpc) is 2.60. The fraction of sp³-hybridized carbons (Fsp3) is 0.909. The number of alkyl carbamates (subject to hydrolysis) is 1. The Morgan fingerprint density at radius 1 is 1.40 bits per heavy atom. The molecule has 2 N–H and O–H groups in total. The van der Waals surface area contributed by atoms with E-state index in [4.69, 9.17) is 4.74 Å². The molecular formula is C11H20N2O2. The van der Waals surface area contributed by atoms with Gasteiger partial charge >= 0.3 is 6.09 Å². The molecule has 2 bridgehead atoms. The lowest BCUT2D eigenvalue weighted by molar-refractivity contribution is 0.0497. The summed E-state index contributed by atoms with van der Waals surface area (Å²) in [5, 5.41) is 6.42. The van der Waals surface area contributed by atoms with Gasteiger partial charge in [-0.05, 0) is 40.0 Å². The highest BCUT2D eigenvalue weighted by Crippen LogP contribution is 2.28. The molecule has 4 heteroatoms. The van der Waals surface area contributed by atoms with Crippen molar-refractivity contribution < 1.29 is 9.53 Å². The Hall–Kier alpha value is -0.770. The number of ether oxygens (including phenoxy) is 1. The summed E-state index contributed by atoms with van der Waals surface area (Å²) >= 11 is 0. The first kappa shape index (κ1) is 10.7. The lowest BCUT2D eigenvalue weighted by Gasteiger charge is -2.25. The smallest absolute Gasteiger partial charge is 0.407 e. The Labute approximate surface area is 90.8 Å². The monoisotopic (exact) mass is 212 g/mol. The van der Waals surface area contributed by atoms with Crippen molar-refractivity contribution in [1.82, 2.24) is 10.6 Å². The summed E-state index contributed by atoms with van der Waals surface area (Å²) < 4.78 is 5.23. The maximum atomic E-state index is 11.5. The molecule has 4 nitrogen and oxygen atoms in total. The molecule has 0 aromatic rings. The van der Waals surface area contributed by atoms with Crippen molar-refractivity contribution in [3.8, 4) is 0 Å². The molecule has 0 aromatic carbocycles. The minimum absolute atomic E-state index is 0.263. The van der Waals surface area contributed by atoms with Crippen LogP contribution in [-0.4, -0.2) is 29.8 Å². The van der Waals surface area contributed by atoms with Crippen LogP contribution in [0, 0.1) is 0 Å². The molecule has 0 saturated carbocycles. The minimum atomic E-state index is -0.408. The van der Waals surface area contributed by atoms with Gasteiger partial charge < -0.3 is 15.4 Å². The Kier molecular flexibility index (Phi) is 2.63. The van der Waals surface area contributed by atoms with Crippen LogP contribution >= 0.6 is 0 Å². The molecule has 1 amide bonds. The number of carbonyl (C=O) groups excluding carboxylic acids is 1. The van der Waals surface area contributed by atoms with Crippen molar-refractivity contribution in [2.75, 3.05) is 0 Å². The van der Waals surface area contributed by atoms with Gasteiger partial charge in [-0.25, -0.2) is 4.79 Å². The van der Waals surface area contributed by atoms with E-state index in [1.807, 2.05) is 20.8 Å². The first-order chi connectivity index (χ1) is 6.94. The number of hydrogen-bond acceptors (Lipinski definition) is 3. The molecule has 2 aliphatic rings. The lowest BCUT2D eigenvalue weighted by atomic mass is 9.96. The van der Waals surface area contributed by atoms with Gasteiger partial charge in [0.25, 0.3) is 0 Å². The maximum absolute atomic E-state index is 11.5. The summed E-state index contributed by atoms with van der Waals surface area (Å²) in [4.78, 5) is 11.5. The summed E-state index contributed by atoms with van der Waals surface area (Å²) in [5.41, 5.74) is -0.408. The highest BCUT2D eigenvalue weighted by Gasteiger charge is 2.40. The largest absolute Gasteiger partial charge is 0.444 e. The van der Waals surface area contributed by atoms with Gasteiger partial charge in [0, 0.05) is 18.1 Å². The molecule has 0 radical (unpaired) electrons. The van der Waals surface area contributed by atoms with Crippen LogP contribution in [0.1, 0.15) is 40.0 Å². The number of nitrogens with one attached hydrogen (secondary N) is 2. The first-order valence-corrected chi connectivity index (χ1v) is 5.69. The predicted molar refractivity (Wildman–Crippen MR) is 57.7 cm³/mol. The van der Waals surface area contributed by atoms with Crippen LogP contribution in [0.4, 0.5) is 4.79 Å². The minimum Gasteiger partial charge on any atom is -0.444 e. The molecule has 2 heterocycles. The van der Waals surface area contributed by atoms with E-state index >= 15 is 0 Å². The average molecular weight is 212 g/mol. The molecule has 2 rings (SSSR count). The molecule has 3 atom stereocenters. The molecule has 0 spiro atoms. The van der Waals surface area contributed by atoms with Crippen LogP contribution in [0.15, 0.2) is 0 Å². The summed E-state index contributed by atoms with van der Waals surface area (Å²) in [6.07, 6.45) is 3.17. The molecule has 15 heavy (non-hydrogen) atoms. The second kappa shape index (κ2) is 3.67. The Morgan fingerprint density at radius 3 is 2.60 bits per heavy atom. The third-order valence-electron chi connectivity index (χ3n) is 3.00. The normalized spacial score (nSPS) is 34.2. The number of rotatable bonds is 1. The second-order valence-electron chi connectivity index (χ2n) is 5.54. The van der Waals surface area contributed by atoms with E-state index in [0.717, 1.165) is 6.42 Å². The first-order valence-electron chi connectivity index (χ1n) is 5.69. The van der Waals surface area contributed by atoms with Crippen molar-refractivity contribution in [3.05, 3.63) is 0 Å². The van der Waals surface area contributed by atoms with Gasteiger partial charge in [0.05, 0.1) is 0 Å². The Bertz CT molecular complexity index is 260. The van der Waals surface area contributed by atoms with Crippen LogP contribution in [0.2, 0.25) is 0 Å². The highest BCUT2D eigenvalue weighted by atomic mass is 16.6. The Morgan fingerprint density at radius 2 is 2.13 bits per heavy atom. The number of carbonyl (C=O) groups is 1. The SMILES string of the molecule is CC(C)(C)OC(=O)N[C@H]1C[C@@H]2CC[C@H]1N2. The van der Waals surface area contributed by atoms with Crippen molar-refractivity contribution in [2.24, 2.45) is 0 Å². The molecule has 0 aromatic heterocycles. The highest BCUT2D eigenvalue weighted by molar-refractivity contribution is 5.68. The molecule has 2 aliphatic heterocycles. The van der Waals surface area contributed by atoms with Crippen molar-refractivity contribution in [1.29, 1.82) is 0 Å². The fourth-order valence-corrected chi connectivity index (χ4v) is 2.44. The van der Waals surface area contributed by atoms with E-state index in [2.05, 4.69) is 10.6 Å². The van der Waals surface area contributed by atoms with E-state index in [9.17, 15) is 4.79 Å². The van der Waals surface area contributed by atoms with Crippen LogP contribution < -0.4 is 10.6 Å². The van der Waals surface area contributed by atoms with Gasteiger partial charge in [0.15, 0.2) is 0 Å². The standard InChI is InChI=1S/C11H20N2O2/c1-11(2,3)15-10(14)13-9-6-7-4-5-8(9)12-7/h7-9,12H,4-6H2,1-3H3,(H,13,14)/t7-,8+,9-/m0/s1. The van der Waals surface area contributed by atoms with Gasteiger partial charge in [-0.2, -0.15) is 0 Å². The molecular weight excluding hydrogens is 192 g/mol. The molecule has 2 saturated heterocycles. The zero-order chi connectivity index (χ0) is 11.1. The zero-order valence-electron chi connectivity index (χ0n) is 9.67. The quantitative estimate of drug-likeness (QED) is 0.691. The van der Waals surface area contributed by atoms with Gasteiger partial charge in [-0.15, -0.1) is 0 Å². The second-order valence-corrected chi connectivity index (χ2v) is 5.54. The maximum Gasteiger partial charge on any atom is 0.407 e. The number of amides is 1. The van der Waals surface area contributed by atoms with E-state index < -0.39 is 5.60 Å². The molecule has 0 aliphatic carbocycles. The van der Waals surface area contributed by atoms with Gasteiger partial charge in [-0.1, -0.05) is 0 Å². The van der Waals surface area contributed by atoms with Gasteiger partial charge in [0.2, 0.25) is 0 Å². The third kappa shape index (κ3) is 2.62. The summed E-state index contributed by atoms with van der Waals surface area (Å²) in [7, 11) is 0. The summed E-state index contributed by atoms with van der Waals surface area (Å²) in [6, 6.07) is 1.33. The topological polar surface area (TPSA) is 50.4 Å². The van der Waals surface area contributed by atoms with E-state index in [1.54, 1.807) is 0 Å². The zero-order valence-corrected chi connectivity index (χ0v) is 9.67. The van der Waals surface area contributed by atoms with Crippen molar-refractivity contribution in [2.45, 2.75) is 63.8 Å². The predicted octanol–water partition coefficient (Wildman–Crippen LogP) is 1.40. The van der Waals surface area contributed by atoms with Gasteiger partial charge in [-0.3, -0.25) is 0 Å². The Balaban J connectivity index is 1.80. The van der Waals surface area contributed by atoms with Crippen molar-refractivity contribution >= 4 is 6.09 Å². The van der Waals surface area contributed by atoms with E-state index in [1.165, 1.54) is 12.8 Å².